The Hall–Kier alpha value is -3.14. The molecule has 2 atom stereocenters. The van der Waals surface area contributed by atoms with Crippen LogP contribution < -0.4 is 15.4 Å². The summed E-state index contributed by atoms with van der Waals surface area (Å²) in [5.74, 6) is 1.55. The molecule has 27 heavy (non-hydrogen) atoms. The van der Waals surface area contributed by atoms with Crippen LogP contribution >= 0.6 is 0 Å². The van der Waals surface area contributed by atoms with Crippen LogP contribution in [0.25, 0.3) is 0 Å². The van der Waals surface area contributed by atoms with E-state index in [1.54, 1.807) is 31.4 Å². The van der Waals surface area contributed by atoms with Gasteiger partial charge < -0.3 is 15.4 Å². The number of nitriles is 1. The first-order valence-electron chi connectivity index (χ1n) is 8.93. The van der Waals surface area contributed by atoms with Gasteiger partial charge in [0.25, 0.3) is 0 Å². The minimum Gasteiger partial charge on any atom is -0.457 e. The molecule has 1 aromatic heterocycles. The Bertz CT molecular complexity index is 831. The van der Waals surface area contributed by atoms with Crippen LogP contribution in [0.15, 0.2) is 47.6 Å². The van der Waals surface area contributed by atoms with Crippen molar-refractivity contribution in [2.45, 2.75) is 31.8 Å². The second-order valence-corrected chi connectivity index (χ2v) is 6.38. The van der Waals surface area contributed by atoms with E-state index in [0.717, 1.165) is 25.0 Å². The number of benzene rings is 1. The molecule has 1 heterocycles. The van der Waals surface area contributed by atoms with E-state index in [1.807, 2.05) is 6.07 Å². The molecule has 0 radical (unpaired) electrons. The van der Waals surface area contributed by atoms with Gasteiger partial charge in [0.05, 0.1) is 24.2 Å². The fourth-order valence-corrected chi connectivity index (χ4v) is 3.09. The molecule has 0 amide bonds. The van der Waals surface area contributed by atoms with Gasteiger partial charge in [-0.3, -0.25) is 9.98 Å². The Morgan fingerprint density at radius 2 is 2.11 bits per heavy atom. The molecular weight excluding hydrogens is 345 g/mol. The lowest BCUT2D eigenvalue weighted by atomic mass is 10.1. The van der Waals surface area contributed by atoms with Crippen LogP contribution in [0.3, 0.4) is 0 Å². The average molecular weight is 367 g/mol. The van der Waals surface area contributed by atoms with Crippen LogP contribution in [-0.4, -0.2) is 24.0 Å². The molecule has 2 N–H and O–H groups in total. The lowest BCUT2D eigenvalue weighted by Gasteiger charge is -2.19. The molecule has 7 heteroatoms. The summed E-state index contributed by atoms with van der Waals surface area (Å²) in [6.45, 7) is 0.463. The Morgan fingerprint density at radius 1 is 1.30 bits per heavy atom. The number of pyridine rings is 1. The molecule has 1 saturated carbocycles. The Labute approximate surface area is 158 Å². The summed E-state index contributed by atoms with van der Waals surface area (Å²) >= 11 is 0. The third kappa shape index (κ3) is 5.17. The van der Waals surface area contributed by atoms with Crippen molar-refractivity contribution in [3.8, 4) is 17.6 Å². The third-order valence-corrected chi connectivity index (χ3v) is 4.50. The smallest absolute Gasteiger partial charge is 0.191 e. The highest BCUT2D eigenvalue weighted by Gasteiger charge is 2.27. The van der Waals surface area contributed by atoms with Gasteiger partial charge in [0.2, 0.25) is 0 Å². The third-order valence-electron chi connectivity index (χ3n) is 4.50. The molecule has 0 spiro atoms. The van der Waals surface area contributed by atoms with Gasteiger partial charge in [0.15, 0.2) is 5.96 Å². The van der Waals surface area contributed by atoms with Crippen LogP contribution in [0.5, 0.6) is 11.5 Å². The van der Waals surface area contributed by atoms with Crippen LogP contribution in [0.1, 0.15) is 25.0 Å². The topological polar surface area (TPSA) is 82.3 Å². The number of nitrogens with one attached hydrogen (secondary N) is 2. The van der Waals surface area contributed by atoms with E-state index in [4.69, 9.17) is 4.74 Å². The molecule has 3 rings (SSSR count). The number of aromatic nitrogens is 1. The molecule has 0 saturated heterocycles. The molecule has 6 nitrogen and oxygen atoms in total. The number of guanidine groups is 1. The van der Waals surface area contributed by atoms with Crippen LogP contribution in [0.4, 0.5) is 4.39 Å². The van der Waals surface area contributed by atoms with Gasteiger partial charge in [-0.1, -0.05) is 0 Å². The predicted octanol–water partition coefficient (Wildman–Crippen LogP) is 3.37. The largest absolute Gasteiger partial charge is 0.457 e. The molecule has 0 bridgehead atoms. The van der Waals surface area contributed by atoms with E-state index < -0.39 is 0 Å². The van der Waals surface area contributed by atoms with Gasteiger partial charge >= 0.3 is 0 Å². The second-order valence-electron chi connectivity index (χ2n) is 6.38. The lowest BCUT2D eigenvalue weighted by Crippen LogP contribution is -2.44. The number of ether oxygens (including phenoxy) is 1. The van der Waals surface area contributed by atoms with Crippen molar-refractivity contribution in [3.05, 3.63) is 54.1 Å². The lowest BCUT2D eigenvalue weighted by molar-refractivity contribution is 0.478. The summed E-state index contributed by atoms with van der Waals surface area (Å²) < 4.78 is 18.7. The average Bonchev–Trinajstić information content (AvgIpc) is 3.14. The molecule has 0 aliphatic heterocycles. The molecule has 1 aliphatic rings. The van der Waals surface area contributed by atoms with E-state index in [-0.39, 0.29) is 17.8 Å². The van der Waals surface area contributed by atoms with Crippen molar-refractivity contribution < 1.29 is 9.13 Å². The molecule has 1 aromatic carbocycles. The standard InChI is InChI=1S/C20H22FN5O/c1-23-20(26-19-4-2-3-14(19)12-22)25-13-16-11-18(9-10-24-16)27-17-7-5-15(21)6-8-17/h5-11,14,19H,2-4,13H2,1H3,(H2,23,25,26). The number of hydrogen-bond donors (Lipinski definition) is 2. The molecule has 140 valence electrons. The monoisotopic (exact) mass is 367 g/mol. The molecule has 2 aromatic rings. The zero-order chi connectivity index (χ0) is 19.1. The van der Waals surface area contributed by atoms with E-state index in [2.05, 4.69) is 26.7 Å². The zero-order valence-electron chi connectivity index (χ0n) is 15.2. The van der Waals surface area contributed by atoms with Crippen molar-refractivity contribution in [2.75, 3.05) is 7.05 Å². The van der Waals surface area contributed by atoms with Gasteiger partial charge in [0, 0.05) is 25.4 Å². The summed E-state index contributed by atoms with van der Waals surface area (Å²) in [7, 11) is 1.70. The summed E-state index contributed by atoms with van der Waals surface area (Å²) in [6, 6.07) is 11.9. The highest BCUT2D eigenvalue weighted by atomic mass is 19.1. The number of nitrogens with zero attached hydrogens (tertiary/aromatic N) is 3. The SMILES string of the molecule is CN=C(NCc1cc(Oc2ccc(F)cc2)ccn1)NC1CCCC1C#N. The number of hydrogen-bond acceptors (Lipinski definition) is 4. The van der Waals surface area contributed by atoms with Gasteiger partial charge in [0.1, 0.15) is 17.3 Å². The fraction of sp³-hybridized carbons (Fsp3) is 0.350. The maximum absolute atomic E-state index is 13.0. The van der Waals surface area contributed by atoms with Gasteiger partial charge in [-0.15, -0.1) is 0 Å². The summed E-state index contributed by atoms with van der Waals surface area (Å²) in [5.41, 5.74) is 0.779. The normalized spacial score (nSPS) is 19.4. The van der Waals surface area contributed by atoms with E-state index in [9.17, 15) is 9.65 Å². The van der Waals surface area contributed by atoms with Crippen molar-refractivity contribution in [1.29, 1.82) is 5.26 Å². The number of aliphatic imine (C=N–C) groups is 1. The quantitative estimate of drug-likeness (QED) is 0.625. The summed E-state index contributed by atoms with van der Waals surface area (Å²) in [4.78, 5) is 8.55. The maximum Gasteiger partial charge on any atom is 0.191 e. The maximum atomic E-state index is 13.0. The van der Waals surface area contributed by atoms with Crippen LogP contribution in [0.2, 0.25) is 0 Å². The Morgan fingerprint density at radius 3 is 2.85 bits per heavy atom. The van der Waals surface area contributed by atoms with Crippen molar-refractivity contribution in [1.82, 2.24) is 15.6 Å². The van der Waals surface area contributed by atoms with Gasteiger partial charge in [-0.2, -0.15) is 5.26 Å². The molecule has 1 fully saturated rings. The Kier molecular flexibility index (Phi) is 6.21. The Balaban J connectivity index is 1.57. The van der Waals surface area contributed by atoms with E-state index >= 15 is 0 Å². The molecule has 1 aliphatic carbocycles. The number of halogens is 1. The second kappa shape index (κ2) is 8.99. The summed E-state index contributed by atoms with van der Waals surface area (Å²) in [6.07, 6.45) is 4.61. The first kappa shape index (κ1) is 18.6. The van der Waals surface area contributed by atoms with Crippen LogP contribution in [-0.2, 0) is 6.54 Å². The first-order valence-corrected chi connectivity index (χ1v) is 8.93. The van der Waals surface area contributed by atoms with Crippen LogP contribution in [0, 0.1) is 23.1 Å². The van der Waals surface area contributed by atoms with Crippen molar-refractivity contribution in [3.63, 3.8) is 0 Å². The van der Waals surface area contributed by atoms with Gasteiger partial charge in [-0.25, -0.2) is 4.39 Å². The summed E-state index contributed by atoms with van der Waals surface area (Å²) in [5, 5.41) is 15.7. The molecular formula is C20H22FN5O. The minimum atomic E-state index is -0.304. The predicted molar refractivity (Wildman–Crippen MR) is 101 cm³/mol. The molecule has 2 unspecified atom stereocenters. The number of rotatable bonds is 5. The highest BCUT2D eigenvalue weighted by Crippen LogP contribution is 2.25. The minimum absolute atomic E-state index is 0.0223. The van der Waals surface area contributed by atoms with E-state index in [0.29, 0.717) is 24.0 Å². The fourth-order valence-electron chi connectivity index (χ4n) is 3.09. The zero-order valence-corrected chi connectivity index (χ0v) is 15.2. The van der Waals surface area contributed by atoms with Crippen molar-refractivity contribution in [2.24, 2.45) is 10.9 Å². The highest BCUT2D eigenvalue weighted by molar-refractivity contribution is 5.80. The van der Waals surface area contributed by atoms with Gasteiger partial charge in [-0.05, 0) is 49.6 Å². The first-order chi connectivity index (χ1) is 13.2. The van der Waals surface area contributed by atoms with E-state index in [1.165, 1.54) is 12.1 Å². The van der Waals surface area contributed by atoms with Crippen molar-refractivity contribution >= 4 is 5.96 Å².